The summed E-state index contributed by atoms with van der Waals surface area (Å²) >= 11 is 0. The van der Waals surface area contributed by atoms with Crippen LogP contribution in [0.25, 0.3) is 0 Å². The summed E-state index contributed by atoms with van der Waals surface area (Å²) < 4.78 is 4.60. The van der Waals surface area contributed by atoms with E-state index < -0.39 is 0 Å². The zero-order valence-corrected chi connectivity index (χ0v) is 8.32. The van der Waals surface area contributed by atoms with Crippen LogP contribution in [-0.4, -0.2) is 43.7 Å². The minimum Gasteiger partial charge on any atom is -0.468 e. The summed E-state index contributed by atoms with van der Waals surface area (Å²) in [6.07, 6.45) is 0.970. The summed E-state index contributed by atoms with van der Waals surface area (Å²) in [6, 6.07) is 0.286. The third kappa shape index (κ3) is 2.97. The highest BCUT2D eigenvalue weighted by Crippen LogP contribution is 2.14. The molecule has 0 aromatic heterocycles. The van der Waals surface area contributed by atoms with E-state index in [1.807, 2.05) is 0 Å². The topological polar surface area (TPSA) is 55.6 Å². The van der Waals surface area contributed by atoms with E-state index in [9.17, 15) is 4.79 Å². The van der Waals surface area contributed by atoms with Crippen molar-refractivity contribution in [2.24, 2.45) is 11.7 Å². The summed E-state index contributed by atoms with van der Waals surface area (Å²) in [5.74, 6) is 0.307. The van der Waals surface area contributed by atoms with Crippen molar-refractivity contribution in [2.75, 3.05) is 26.7 Å². The van der Waals surface area contributed by atoms with E-state index in [0.717, 1.165) is 19.5 Å². The van der Waals surface area contributed by atoms with Crippen LogP contribution in [0.3, 0.4) is 0 Å². The maximum Gasteiger partial charge on any atom is 0.319 e. The molecule has 1 aliphatic rings. The lowest BCUT2D eigenvalue weighted by molar-refractivity contribution is -0.142. The molecule has 1 rings (SSSR count). The molecule has 13 heavy (non-hydrogen) atoms. The maximum absolute atomic E-state index is 11.0. The van der Waals surface area contributed by atoms with Gasteiger partial charge in [0, 0.05) is 19.1 Å². The Morgan fingerprint density at radius 3 is 2.92 bits per heavy atom. The van der Waals surface area contributed by atoms with Gasteiger partial charge in [-0.15, -0.1) is 0 Å². The van der Waals surface area contributed by atoms with Gasteiger partial charge in [0.15, 0.2) is 0 Å². The van der Waals surface area contributed by atoms with Crippen LogP contribution in [0.1, 0.15) is 13.3 Å². The molecule has 0 aromatic rings. The van der Waals surface area contributed by atoms with Gasteiger partial charge in [-0.1, -0.05) is 6.92 Å². The van der Waals surface area contributed by atoms with Crippen molar-refractivity contribution < 1.29 is 9.53 Å². The van der Waals surface area contributed by atoms with Crippen molar-refractivity contribution in [3.63, 3.8) is 0 Å². The van der Waals surface area contributed by atoms with Crippen molar-refractivity contribution in [3.8, 4) is 0 Å². The van der Waals surface area contributed by atoms with E-state index in [1.54, 1.807) is 0 Å². The molecule has 76 valence electrons. The van der Waals surface area contributed by atoms with Crippen LogP contribution >= 0.6 is 0 Å². The van der Waals surface area contributed by atoms with Crippen LogP contribution < -0.4 is 5.73 Å². The quantitative estimate of drug-likeness (QED) is 0.608. The molecular weight excluding hydrogens is 168 g/mol. The third-order valence-electron chi connectivity index (χ3n) is 2.64. The molecule has 2 atom stereocenters. The fraction of sp³-hybridized carbons (Fsp3) is 0.889. The predicted molar refractivity (Wildman–Crippen MR) is 50.2 cm³/mol. The zero-order valence-electron chi connectivity index (χ0n) is 8.32. The van der Waals surface area contributed by atoms with Crippen LogP contribution in [0, 0.1) is 5.92 Å². The molecule has 0 saturated carbocycles. The lowest BCUT2D eigenvalue weighted by Crippen LogP contribution is -2.47. The molecule has 1 saturated heterocycles. The SMILES string of the molecule is COC(=O)CN1CCC(N)C(C)C1. The Bertz CT molecular complexity index is 184. The number of hydrogen-bond donors (Lipinski definition) is 1. The van der Waals surface area contributed by atoms with Gasteiger partial charge in [0.05, 0.1) is 13.7 Å². The number of ether oxygens (including phenoxy) is 1. The molecule has 0 aromatic carbocycles. The number of hydrogen-bond acceptors (Lipinski definition) is 4. The van der Waals surface area contributed by atoms with E-state index in [2.05, 4.69) is 16.6 Å². The second-order valence-corrected chi connectivity index (χ2v) is 3.74. The van der Waals surface area contributed by atoms with Crippen molar-refractivity contribution in [3.05, 3.63) is 0 Å². The first kappa shape index (κ1) is 10.5. The molecule has 0 bridgehead atoms. The highest BCUT2D eigenvalue weighted by molar-refractivity contribution is 5.71. The summed E-state index contributed by atoms with van der Waals surface area (Å²) in [5.41, 5.74) is 5.86. The number of likely N-dealkylation sites (tertiary alicyclic amines) is 1. The van der Waals surface area contributed by atoms with Gasteiger partial charge in [-0.25, -0.2) is 0 Å². The summed E-state index contributed by atoms with van der Waals surface area (Å²) in [7, 11) is 1.42. The lowest BCUT2D eigenvalue weighted by atomic mass is 9.95. The Kier molecular flexibility index (Phi) is 3.69. The molecule has 4 nitrogen and oxygen atoms in total. The smallest absolute Gasteiger partial charge is 0.319 e. The van der Waals surface area contributed by atoms with Gasteiger partial charge in [-0.2, -0.15) is 0 Å². The molecule has 0 radical (unpaired) electrons. The Balaban J connectivity index is 2.33. The number of rotatable bonds is 2. The van der Waals surface area contributed by atoms with Crippen LogP contribution in [0.2, 0.25) is 0 Å². The number of carbonyl (C=O) groups excluding carboxylic acids is 1. The number of nitrogens with two attached hydrogens (primary N) is 1. The number of methoxy groups -OCH3 is 1. The van der Waals surface area contributed by atoms with Crippen LogP contribution in [-0.2, 0) is 9.53 Å². The molecular formula is C9H18N2O2. The first-order valence-electron chi connectivity index (χ1n) is 4.68. The van der Waals surface area contributed by atoms with E-state index in [0.29, 0.717) is 12.5 Å². The summed E-state index contributed by atoms with van der Waals surface area (Å²) in [6.45, 7) is 4.32. The number of piperidine rings is 1. The number of nitrogens with zero attached hydrogens (tertiary/aromatic N) is 1. The largest absolute Gasteiger partial charge is 0.468 e. The molecule has 0 amide bonds. The molecule has 4 heteroatoms. The Morgan fingerprint density at radius 2 is 2.38 bits per heavy atom. The second-order valence-electron chi connectivity index (χ2n) is 3.74. The Morgan fingerprint density at radius 1 is 1.69 bits per heavy atom. The monoisotopic (exact) mass is 186 g/mol. The lowest BCUT2D eigenvalue weighted by Gasteiger charge is -2.34. The standard InChI is InChI=1S/C9H18N2O2/c1-7-5-11(4-3-8(7)10)6-9(12)13-2/h7-8H,3-6,10H2,1-2H3. The van der Waals surface area contributed by atoms with Gasteiger partial charge in [0.25, 0.3) is 0 Å². The van der Waals surface area contributed by atoms with Gasteiger partial charge in [0.1, 0.15) is 0 Å². The predicted octanol–water partition coefficient (Wildman–Crippen LogP) is -0.171. The minimum absolute atomic E-state index is 0.164. The Hall–Kier alpha value is -0.610. The maximum atomic E-state index is 11.0. The fourth-order valence-corrected chi connectivity index (χ4v) is 1.64. The van der Waals surface area contributed by atoms with Gasteiger partial charge in [0.2, 0.25) is 0 Å². The van der Waals surface area contributed by atoms with Crippen molar-refractivity contribution >= 4 is 5.97 Å². The van der Waals surface area contributed by atoms with E-state index >= 15 is 0 Å². The first-order valence-corrected chi connectivity index (χ1v) is 4.68. The average molecular weight is 186 g/mol. The van der Waals surface area contributed by atoms with Gasteiger partial charge >= 0.3 is 5.97 Å². The van der Waals surface area contributed by atoms with Crippen molar-refractivity contribution in [1.29, 1.82) is 0 Å². The molecule has 2 N–H and O–H groups in total. The van der Waals surface area contributed by atoms with Gasteiger partial charge < -0.3 is 10.5 Å². The average Bonchev–Trinajstić information content (AvgIpc) is 2.11. The Labute approximate surface area is 79.0 Å². The third-order valence-corrected chi connectivity index (χ3v) is 2.64. The van der Waals surface area contributed by atoms with Crippen LogP contribution in [0.5, 0.6) is 0 Å². The minimum atomic E-state index is -0.164. The second kappa shape index (κ2) is 4.58. The van der Waals surface area contributed by atoms with Crippen LogP contribution in [0.4, 0.5) is 0 Å². The number of esters is 1. The first-order chi connectivity index (χ1) is 6.13. The number of carbonyl (C=O) groups is 1. The normalized spacial score (nSPS) is 30.1. The molecule has 1 aliphatic heterocycles. The summed E-state index contributed by atoms with van der Waals surface area (Å²) in [4.78, 5) is 13.1. The van der Waals surface area contributed by atoms with Gasteiger partial charge in [-0.3, -0.25) is 9.69 Å². The summed E-state index contributed by atoms with van der Waals surface area (Å²) in [5, 5.41) is 0. The van der Waals surface area contributed by atoms with E-state index in [4.69, 9.17) is 5.73 Å². The highest BCUT2D eigenvalue weighted by Gasteiger charge is 2.24. The van der Waals surface area contributed by atoms with Gasteiger partial charge in [-0.05, 0) is 12.3 Å². The zero-order chi connectivity index (χ0) is 9.84. The highest BCUT2D eigenvalue weighted by atomic mass is 16.5. The molecule has 2 unspecified atom stereocenters. The van der Waals surface area contributed by atoms with Crippen molar-refractivity contribution in [2.45, 2.75) is 19.4 Å². The van der Waals surface area contributed by atoms with E-state index in [-0.39, 0.29) is 12.0 Å². The molecule has 0 aliphatic carbocycles. The van der Waals surface area contributed by atoms with E-state index in [1.165, 1.54) is 7.11 Å². The van der Waals surface area contributed by atoms with Crippen LogP contribution in [0.15, 0.2) is 0 Å². The molecule has 1 fully saturated rings. The fourth-order valence-electron chi connectivity index (χ4n) is 1.64. The molecule has 0 spiro atoms. The molecule has 1 heterocycles. The van der Waals surface area contributed by atoms with Crippen molar-refractivity contribution in [1.82, 2.24) is 4.90 Å².